The van der Waals surface area contributed by atoms with Crippen molar-refractivity contribution in [2.75, 3.05) is 0 Å². The number of nitrogens with zero attached hydrogens (tertiary/aromatic N) is 6. The Bertz CT molecular complexity index is 3190. The molecule has 0 bridgehead atoms. The summed E-state index contributed by atoms with van der Waals surface area (Å²) >= 11 is 0. The molecule has 1 atom stereocenters. The standard InChI is InChI=1S/C44H26N6O/c1-2-11-29(12-3-1)49-34-15-6-5-14-31(34)33-23-27(24-45-43(33)49)28-25-47-36-17-10-18-37-40(36)44(48(47)26-28)41-38(51-37)21-20-32-30-13-4-7-16-35(30)50(42(32)41)39-19-8-9-22-46(39)44/h1-26H/q+2. The van der Waals surface area contributed by atoms with Crippen LogP contribution in [0.5, 0.6) is 11.5 Å². The Labute approximate surface area is 290 Å². The maximum Gasteiger partial charge on any atom is 0.397 e. The van der Waals surface area contributed by atoms with E-state index in [4.69, 9.17) is 9.72 Å². The van der Waals surface area contributed by atoms with E-state index in [1.807, 2.05) is 6.20 Å². The smallest absolute Gasteiger partial charge is 0.397 e. The van der Waals surface area contributed by atoms with Crippen LogP contribution in [-0.4, -0.2) is 18.8 Å². The van der Waals surface area contributed by atoms with Crippen molar-refractivity contribution in [1.82, 2.24) is 18.8 Å². The van der Waals surface area contributed by atoms with Crippen molar-refractivity contribution in [3.05, 3.63) is 169 Å². The van der Waals surface area contributed by atoms with Crippen LogP contribution in [0.3, 0.4) is 0 Å². The number of fused-ring (bicyclic) bond motifs is 10. The normalized spacial score (nSPS) is 16.1. The van der Waals surface area contributed by atoms with Crippen molar-refractivity contribution in [2.24, 2.45) is 0 Å². The third kappa shape index (κ3) is 2.90. The SMILES string of the molecule is c1ccc(-n2c3ccccc3c3cc(-c4cn5[n+](c4)C46c7c(cccc7-5)Oc5ccc7c8ccccc8n(c7c54)-c4cccc[n+]46)cnc32)cc1. The highest BCUT2D eigenvalue weighted by molar-refractivity contribution is 6.12. The van der Waals surface area contributed by atoms with Gasteiger partial charge in [0.05, 0.1) is 23.5 Å². The molecule has 10 aromatic rings. The van der Waals surface area contributed by atoms with Crippen molar-refractivity contribution in [3.63, 3.8) is 0 Å². The summed E-state index contributed by atoms with van der Waals surface area (Å²) in [5, 5.41) is 4.77. The van der Waals surface area contributed by atoms with Crippen molar-refractivity contribution < 1.29 is 14.0 Å². The van der Waals surface area contributed by atoms with Crippen molar-refractivity contribution in [3.8, 4) is 39.8 Å². The molecular formula is C44H26N6O+2. The molecule has 1 unspecified atom stereocenters. The molecule has 51 heavy (non-hydrogen) atoms. The molecule has 13 rings (SSSR count). The van der Waals surface area contributed by atoms with Gasteiger partial charge in [-0.3, -0.25) is 4.57 Å². The second-order valence-corrected chi connectivity index (χ2v) is 13.7. The van der Waals surface area contributed by atoms with Gasteiger partial charge in [0.25, 0.3) is 5.82 Å². The fourth-order valence-electron chi connectivity index (χ4n) is 9.40. The number of pyridine rings is 2. The van der Waals surface area contributed by atoms with Gasteiger partial charge in [-0.15, -0.1) is 4.68 Å². The van der Waals surface area contributed by atoms with Crippen LogP contribution >= 0.6 is 0 Å². The number of rotatable bonds is 2. The minimum atomic E-state index is -0.723. The molecule has 5 aromatic carbocycles. The van der Waals surface area contributed by atoms with E-state index in [0.717, 1.165) is 67.5 Å². The second-order valence-electron chi connectivity index (χ2n) is 13.7. The van der Waals surface area contributed by atoms with Crippen molar-refractivity contribution >= 4 is 43.7 Å². The summed E-state index contributed by atoms with van der Waals surface area (Å²) in [6.45, 7) is 0. The zero-order valence-electron chi connectivity index (χ0n) is 27.1. The maximum absolute atomic E-state index is 6.82. The molecular weight excluding hydrogens is 629 g/mol. The second kappa shape index (κ2) is 8.77. The average molecular weight is 655 g/mol. The van der Waals surface area contributed by atoms with E-state index >= 15 is 0 Å². The summed E-state index contributed by atoms with van der Waals surface area (Å²) in [5.41, 5.74) is 10.4. The molecule has 8 heterocycles. The lowest BCUT2D eigenvalue weighted by Crippen LogP contribution is -2.76. The third-order valence-corrected chi connectivity index (χ3v) is 11.3. The quantitative estimate of drug-likeness (QED) is 0.176. The van der Waals surface area contributed by atoms with Crippen molar-refractivity contribution in [2.45, 2.75) is 5.66 Å². The predicted molar refractivity (Wildman–Crippen MR) is 196 cm³/mol. The number of para-hydroxylation sites is 3. The fourth-order valence-corrected chi connectivity index (χ4v) is 9.40. The Morgan fingerprint density at radius 2 is 1.37 bits per heavy atom. The first-order valence-corrected chi connectivity index (χ1v) is 17.3. The zero-order chi connectivity index (χ0) is 33.0. The largest absolute Gasteiger partial charge is 0.456 e. The van der Waals surface area contributed by atoms with Gasteiger partial charge in [0, 0.05) is 45.1 Å². The molecule has 7 nitrogen and oxygen atoms in total. The lowest BCUT2D eigenvalue weighted by Gasteiger charge is -2.32. The van der Waals surface area contributed by atoms with Crippen LogP contribution in [0.2, 0.25) is 0 Å². The number of hydrogen-bond acceptors (Lipinski definition) is 2. The molecule has 3 aliphatic heterocycles. The van der Waals surface area contributed by atoms with Crippen LogP contribution in [0, 0.1) is 0 Å². The van der Waals surface area contributed by atoms with Crippen LogP contribution in [0.25, 0.3) is 72.1 Å². The zero-order valence-corrected chi connectivity index (χ0v) is 27.1. The Morgan fingerprint density at radius 3 is 2.25 bits per heavy atom. The van der Waals surface area contributed by atoms with Crippen LogP contribution in [0.15, 0.2) is 158 Å². The van der Waals surface area contributed by atoms with Crippen LogP contribution < -0.4 is 14.0 Å². The molecule has 0 aliphatic carbocycles. The van der Waals surface area contributed by atoms with Gasteiger partial charge in [-0.25, -0.2) is 4.98 Å². The van der Waals surface area contributed by atoms with Gasteiger partial charge in [0.15, 0.2) is 11.1 Å². The lowest BCUT2D eigenvalue weighted by atomic mass is 9.84. The summed E-state index contributed by atoms with van der Waals surface area (Å²) < 4.78 is 18.7. The summed E-state index contributed by atoms with van der Waals surface area (Å²) in [6, 6.07) is 47.4. The van der Waals surface area contributed by atoms with E-state index in [9.17, 15) is 0 Å². The fraction of sp³-hybridized carbons (Fsp3) is 0.0227. The molecule has 0 saturated carbocycles. The highest BCUT2D eigenvalue weighted by Crippen LogP contribution is 2.55. The van der Waals surface area contributed by atoms with E-state index in [1.165, 1.54) is 27.2 Å². The number of benzene rings is 5. The Hall–Kier alpha value is -6.99. The highest BCUT2D eigenvalue weighted by atomic mass is 16.5. The van der Waals surface area contributed by atoms with E-state index in [-0.39, 0.29) is 0 Å². The van der Waals surface area contributed by atoms with Gasteiger partial charge < -0.3 is 4.74 Å². The predicted octanol–water partition coefficient (Wildman–Crippen LogP) is 8.34. The molecule has 0 fully saturated rings. The number of hydrogen-bond donors (Lipinski definition) is 0. The Kier molecular flexibility index (Phi) is 4.46. The first-order valence-electron chi connectivity index (χ1n) is 17.3. The van der Waals surface area contributed by atoms with Gasteiger partial charge >= 0.3 is 5.66 Å². The topological polar surface area (TPSA) is 44.7 Å². The molecule has 0 amide bonds. The Morgan fingerprint density at radius 1 is 0.608 bits per heavy atom. The van der Waals surface area contributed by atoms with Crippen LogP contribution in [0.4, 0.5) is 0 Å². The molecule has 3 aliphatic rings. The summed E-state index contributed by atoms with van der Waals surface area (Å²) in [6.07, 6.45) is 8.81. The maximum atomic E-state index is 6.82. The van der Waals surface area contributed by atoms with Crippen LogP contribution in [-0.2, 0) is 5.66 Å². The molecule has 5 aromatic heterocycles. The van der Waals surface area contributed by atoms with Gasteiger partial charge in [0.1, 0.15) is 33.9 Å². The van der Waals surface area contributed by atoms with E-state index in [2.05, 4.69) is 175 Å². The summed E-state index contributed by atoms with van der Waals surface area (Å²) in [5.74, 6) is 2.86. The third-order valence-electron chi connectivity index (χ3n) is 11.3. The molecule has 1 spiro atoms. The average Bonchev–Trinajstić information content (AvgIpc) is 3.93. The van der Waals surface area contributed by atoms with E-state index in [1.54, 1.807) is 0 Å². The molecule has 236 valence electrons. The van der Waals surface area contributed by atoms with Gasteiger partial charge in [-0.1, -0.05) is 65.3 Å². The van der Waals surface area contributed by atoms with Gasteiger partial charge in [-0.05, 0) is 66.7 Å². The monoisotopic (exact) mass is 654 g/mol. The van der Waals surface area contributed by atoms with Crippen molar-refractivity contribution in [1.29, 1.82) is 0 Å². The van der Waals surface area contributed by atoms with E-state index in [0.29, 0.717) is 0 Å². The molecule has 0 saturated heterocycles. The highest BCUT2D eigenvalue weighted by Gasteiger charge is 2.68. The van der Waals surface area contributed by atoms with Gasteiger partial charge in [0.2, 0.25) is 6.20 Å². The number of ether oxygens (including phenoxy) is 1. The molecule has 0 radical (unpaired) electrons. The minimum Gasteiger partial charge on any atom is -0.456 e. The summed E-state index contributed by atoms with van der Waals surface area (Å²) in [4.78, 5) is 5.16. The first-order chi connectivity index (χ1) is 25.3. The van der Waals surface area contributed by atoms with E-state index < -0.39 is 5.66 Å². The molecule has 7 heteroatoms. The lowest BCUT2D eigenvalue weighted by molar-refractivity contribution is -0.993. The van der Waals surface area contributed by atoms with Gasteiger partial charge in [-0.2, -0.15) is 9.13 Å². The van der Waals surface area contributed by atoms with Crippen LogP contribution in [0.1, 0.15) is 11.1 Å². The summed E-state index contributed by atoms with van der Waals surface area (Å²) in [7, 11) is 0. The minimum absolute atomic E-state index is 0.723. The Balaban J connectivity index is 1.13. The number of aromatic nitrogens is 6. The molecule has 0 N–H and O–H groups in total. The first kappa shape index (κ1) is 26.0.